The molecule has 0 bridgehead atoms. The number of rotatable bonds is 4. The van der Waals surface area contributed by atoms with Crippen LogP contribution in [0.1, 0.15) is 11.1 Å². The zero-order valence-electron chi connectivity index (χ0n) is 22.8. The Kier molecular flexibility index (Phi) is 6.81. The first-order valence-corrected chi connectivity index (χ1v) is 13.1. The number of nitriles is 4. The maximum absolute atomic E-state index is 12.9. The molecule has 0 heterocycles. The smallest absolute Gasteiger partial charge is 0.406 e. The Hall–Kier alpha value is -6.50. The van der Waals surface area contributed by atoms with Gasteiger partial charge in [0.05, 0.1) is 23.3 Å². The number of halogens is 6. The van der Waals surface area contributed by atoms with Gasteiger partial charge in [0.15, 0.2) is 0 Å². The predicted molar refractivity (Wildman–Crippen MR) is 153 cm³/mol. The molecule has 6 nitrogen and oxygen atoms in total. The summed E-state index contributed by atoms with van der Waals surface area (Å²) in [6, 6.07) is 23.7. The summed E-state index contributed by atoms with van der Waals surface area (Å²) in [4.78, 5) is 0. The lowest BCUT2D eigenvalue weighted by molar-refractivity contribution is -0.275. The second-order valence-electron chi connectivity index (χ2n) is 9.91. The van der Waals surface area contributed by atoms with Crippen LogP contribution >= 0.6 is 0 Å². The van der Waals surface area contributed by atoms with Crippen molar-refractivity contribution >= 4 is 27.1 Å². The summed E-state index contributed by atoms with van der Waals surface area (Å²) >= 11 is 0. The molecule has 0 radical (unpaired) electrons. The van der Waals surface area contributed by atoms with Gasteiger partial charge in [0.2, 0.25) is 0 Å². The number of hydrogen-bond donors (Lipinski definition) is 0. The van der Waals surface area contributed by atoms with Crippen LogP contribution in [0.5, 0.6) is 11.5 Å². The fourth-order valence-corrected chi connectivity index (χ4v) is 5.87. The fourth-order valence-electron chi connectivity index (χ4n) is 5.87. The second-order valence-corrected chi connectivity index (χ2v) is 9.91. The fraction of sp³-hybridized carbons (Fsp3) is 0.0588. The van der Waals surface area contributed by atoms with E-state index in [4.69, 9.17) is 0 Å². The lowest BCUT2D eigenvalue weighted by atomic mass is 9.94. The van der Waals surface area contributed by atoms with Crippen LogP contribution in [0.4, 0.5) is 26.3 Å². The largest absolute Gasteiger partial charge is 0.573 e. The average molecular weight is 622 g/mol. The standard InChI is InChI=1S/C34H12F6N4O2/c35-33(36,37)45-22-7-1-17(2-8-22)27-29(21(15-43)16-44)28(18-3-9-23(10-4-18)46-34(38,39)40)32-25-12-6-20(14-42)26-19(13-41)5-11-24(30(25)26)31(27)32/h1-12H. The van der Waals surface area contributed by atoms with Crippen LogP contribution in [-0.4, -0.2) is 12.7 Å². The Morgan fingerprint density at radius 1 is 0.500 bits per heavy atom. The average Bonchev–Trinajstić information content (AvgIpc) is 3.51. The van der Waals surface area contributed by atoms with E-state index in [1.54, 1.807) is 12.1 Å². The first-order valence-electron chi connectivity index (χ1n) is 13.1. The van der Waals surface area contributed by atoms with Crippen LogP contribution in [0.15, 0.2) is 72.8 Å². The summed E-state index contributed by atoms with van der Waals surface area (Å²) in [6.45, 7) is 0. The van der Waals surface area contributed by atoms with Crippen molar-refractivity contribution in [2.45, 2.75) is 12.7 Å². The minimum Gasteiger partial charge on any atom is -0.406 e. The Bertz CT molecular complexity index is 2210. The molecule has 46 heavy (non-hydrogen) atoms. The van der Waals surface area contributed by atoms with Crippen LogP contribution in [0.25, 0.3) is 60.5 Å². The summed E-state index contributed by atoms with van der Waals surface area (Å²) in [5.74, 6) is -1.04. The van der Waals surface area contributed by atoms with Crippen molar-refractivity contribution in [1.82, 2.24) is 0 Å². The van der Waals surface area contributed by atoms with E-state index in [-0.39, 0.29) is 44.2 Å². The maximum atomic E-state index is 12.9. The molecule has 0 amide bonds. The van der Waals surface area contributed by atoms with Gasteiger partial charge in [-0.1, -0.05) is 36.4 Å². The zero-order valence-corrected chi connectivity index (χ0v) is 22.8. The summed E-state index contributed by atoms with van der Waals surface area (Å²) in [5.41, 5.74) is 2.07. The first-order chi connectivity index (χ1) is 21.9. The maximum Gasteiger partial charge on any atom is 0.573 e. The van der Waals surface area contributed by atoms with E-state index in [2.05, 4.69) is 21.6 Å². The topological polar surface area (TPSA) is 114 Å². The molecule has 4 aromatic carbocycles. The van der Waals surface area contributed by atoms with Crippen molar-refractivity contribution in [2.75, 3.05) is 0 Å². The zero-order chi connectivity index (χ0) is 33.0. The van der Waals surface area contributed by atoms with E-state index >= 15 is 0 Å². The van der Waals surface area contributed by atoms with Crippen molar-refractivity contribution in [1.29, 1.82) is 21.0 Å². The molecule has 0 saturated carbocycles. The molecule has 0 spiro atoms. The highest BCUT2D eigenvalue weighted by molar-refractivity contribution is 6.31. The van der Waals surface area contributed by atoms with Gasteiger partial charge in [-0.25, -0.2) is 0 Å². The van der Waals surface area contributed by atoms with Gasteiger partial charge in [0.1, 0.15) is 29.2 Å². The molecule has 2 aliphatic carbocycles. The molecule has 0 fully saturated rings. The molecule has 0 atom stereocenters. The molecular formula is C34H12F6N4O2. The molecule has 0 N–H and O–H groups in total. The molecule has 4 aromatic rings. The summed E-state index contributed by atoms with van der Waals surface area (Å²) in [7, 11) is 0. The highest BCUT2D eigenvalue weighted by Crippen LogP contribution is 2.52. The van der Waals surface area contributed by atoms with Gasteiger partial charge in [-0.05, 0) is 69.4 Å². The Labute approximate surface area is 255 Å². The predicted octanol–water partition coefficient (Wildman–Crippen LogP) is 8.33. The summed E-state index contributed by atoms with van der Waals surface area (Å²) in [6.07, 6.45) is -9.92. The van der Waals surface area contributed by atoms with E-state index < -0.39 is 24.2 Å². The highest BCUT2D eigenvalue weighted by Gasteiger charge is 2.34. The SMILES string of the molecule is N#CC(C#N)=c1c(-c2ccc(OC(F)(F)F)cc2)c2c3ccc(C#N)c4c(C#N)ccc(c-2c1-c1ccc(OC(F)(F)F)cc1)c34. The number of alkyl halides is 6. The third kappa shape index (κ3) is 4.85. The van der Waals surface area contributed by atoms with Crippen LogP contribution in [0.3, 0.4) is 0 Å². The second kappa shape index (κ2) is 10.6. The van der Waals surface area contributed by atoms with Crippen molar-refractivity contribution in [2.24, 2.45) is 0 Å². The van der Waals surface area contributed by atoms with Gasteiger partial charge in [0.25, 0.3) is 0 Å². The van der Waals surface area contributed by atoms with Crippen molar-refractivity contribution < 1.29 is 35.8 Å². The molecular weight excluding hydrogens is 610 g/mol. The molecule has 0 aliphatic heterocycles. The van der Waals surface area contributed by atoms with Gasteiger partial charge in [-0.15, -0.1) is 26.3 Å². The normalized spacial score (nSPS) is 11.6. The van der Waals surface area contributed by atoms with E-state index in [1.165, 1.54) is 36.4 Å². The van der Waals surface area contributed by atoms with E-state index in [0.717, 1.165) is 24.3 Å². The Morgan fingerprint density at radius 2 is 0.891 bits per heavy atom. The van der Waals surface area contributed by atoms with Gasteiger partial charge in [-0.3, -0.25) is 0 Å². The van der Waals surface area contributed by atoms with Gasteiger partial charge < -0.3 is 9.47 Å². The molecule has 0 unspecified atom stereocenters. The highest BCUT2D eigenvalue weighted by atomic mass is 19.4. The number of hydrogen-bond acceptors (Lipinski definition) is 6. The molecule has 6 rings (SSSR count). The number of benzene rings is 4. The summed E-state index contributed by atoms with van der Waals surface area (Å²) < 4.78 is 85.4. The lowest BCUT2D eigenvalue weighted by Gasteiger charge is -2.10. The molecule has 2 aliphatic rings. The first kappa shape index (κ1) is 29.6. The molecule has 12 heteroatoms. The number of ether oxygens (including phenoxy) is 2. The van der Waals surface area contributed by atoms with Crippen molar-refractivity contribution in [3.63, 3.8) is 0 Å². The van der Waals surface area contributed by atoms with Crippen LogP contribution < -0.4 is 14.7 Å². The number of nitrogens with zero attached hydrogens (tertiary/aromatic N) is 4. The van der Waals surface area contributed by atoms with Crippen LogP contribution in [0.2, 0.25) is 0 Å². The Balaban J connectivity index is 1.80. The third-order valence-electron chi connectivity index (χ3n) is 7.42. The van der Waals surface area contributed by atoms with Gasteiger partial charge in [0, 0.05) is 27.1 Å². The third-order valence-corrected chi connectivity index (χ3v) is 7.42. The monoisotopic (exact) mass is 622 g/mol. The van der Waals surface area contributed by atoms with Crippen molar-refractivity contribution in [3.8, 4) is 69.2 Å². The van der Waals surface area contributed by atoms with Crippen LogP contribution in [0, 0.1) is 45.3 Å². The minimum absolute atomic E-state index is 0.0940. The van der Waals surface area contributed by atoms with Gasteiger partial charge in [-0.2, -0.15) is 21.0 Å². The van der Waals surface area contributed by atoms with E-state index in [1.807, 2.05) is 12.1 Å². The molecule has 0 saturated heterocycles. The van der Waals surface area contributed by atoms with E-state index in [0.29, 0.717) is 32.7 Å². The number of fused-ring (bicyclic) bond motifs is 3. The van der Waals surface area contributed by atoms with Crippen LogP contribution in [-0.2, 0) is 0 Å². The molecule has 0 aromatic heterocycles. The Morgan fingerprint density at radius 3 is 1.22 bits per heavy atom. The van der Waals surface area contributed by atoms with Crippen molar-refractivity contribution in [3.05, 3.63) is 89.1 Å². The molecule has 222 valence electrons. The van der Waals surface area contributed by atoms with Gasteiger partial charge >= 0.3 is 12.7 Å². The lowest BCUT2D eigenvalue weighted by Crippen LogP contribution is -2.17. The minimum atomic E-state index is -4.96. The van der Waals surface area contributed by atoms with E-state index in [9.17, 15) is 47.4 Å². The summed E-state index contributed by atoms with van der Waals surface area (Å²) in [5, 5.41) is 41.9. The quantitative estimate of drug-likeness (QED) is 0.183.